The van der Waals surface area contributed by atoms with Crippen LogP contribution in [0.15, 0.2) is 0 Å². The van der Waals surface area contributed by atoms with Gasteiger partial charge in [0.2, 0.25) is 0 Å². The van der Waals surface area contributed by atoms with Gasteiger partial charge in [-0.3, -0.25) is 0 Å². The number of piperidine rings is 1. The summed E-state index contributed by atoms with van der Waals surface area (Å²) in [6.45, 7) is 8.91. The Morgan fingerprint density at radius 2 is 1.03 bits per heavy atom. The van der Waals surface area contributed by atoms with Crippen molar-refractivity contribution in [2.24, 2.45) is 0 Å². The summed E-state index contributed by atoms with van der Waals surface area (Å²) in [5.74, 6) is 0. The first-order chi connectivity index (χ1) is 17.3. The molecule has 210 valence electrons. The minimum Gasteiger partial charge on any atom is -0.316 e. The van der Waals surface area contributed by atoms with Gasteiger partial charge in [0.25, 0.3) is 0 Å². The van der Waals surface area contributed by atoms with Crippen LogP contribution >= 0.6 is 8.60 Å². The van der Waals surface area contributed by atoms with E-state index >= 15 is 0 Å². The molecule has 1 heterocycles. The molecule has 0 spiro atoms. The van der Waals surface area contributed by atoms with Gasteiger partial charge < -0.3 is 18.5 Å². The van der Waals surface area contributed by atoms with E-state index in [1.54, 1.807) is 7.11 Å². The van der Waals surface area contributed by atoms with E-state index in [0.717, 1.165) is 39.0 Å². The van der Waals surface area contributed by atoms with E-state index in [9.17, 15) is 0 Å². The maximum atomic E-state index is 6.15. The van der Waals surface area contributed by atoms with Crippen molar-refractivity contribution >= 4 is 8.60 Å². The smallest absolute Gasteiger partial charge is 0.316 e. The summed E-state index contributed by atoms with van der Waals surface area (Å²) in [5.41, 5.74) is 0. The van der Waals surface area contributed by atoms with Crippen LogP contribution in [-0.2, 0) is 13.6 Å². The van der Waals surface area contributed by atoms with Crippen LogP contribution in [0.2, 0.25) is 0 Å². The second kappa shape index (κ2) is 25.9. The Balaban J connectivity index is 1.88. The molecule has 0 radical (unpaired) electrons. The lowest BCUT2D eigenvalue weighted by molar-refractivity contribution is 0.0726. The molecule has 0 N–H and O–H groups in total. The van der Waals surface area contributed by atoms with Crippen LogP contribution in [0.1, 0.15) is 155 Å². The van der Waals surface area contributed by atoms with Crippen LogP contribution in [0.25, 0.3) is 0 Å². The zero-order valence-corrected chi connectivity index (χ0v) is 25.0. The third kappa shape index (κ3) is 21.0. The van der Waals surface area contributed by atoms with Crippen LogP contribution in [-0.4, -0.2) is 44.4 Å². The van der Waals surface area contributed by atoms with Gasteiger partial charge in [-0.05, 0) is 32.2 Å². The molecular formula is C30H62NO3P. The summed E-state index contributed by atoms with van der Waals surface area (Å²) in [5, 5.41) is 0. The Hall–Kier alpha value is 0.270. The maximum Gasteiger partial charge on any atom is 0.332 e. The molecule has 0 saturated carbocycles. The number of hydrogen-bond donors (Lipinski definition) is 0. The SMILES string of the molecule is CCCCCCCCCCCCCCCCN1CCC(OP(OC)OCCCCCCCC)CC1. The summed E-state index contributed by atoms with van der Waals surface area (Å²) in [6, 6.07) is 0. The third-order valence-corrected chi connectivity index (χ3v) is 8.60. The van der Waals surface area contributed by atoms with E-state index in [1.807, 2.05) is 0 Å². The molecule has 1 saturated heterocycles. The van der Waals surface area contributed by atoms with Gasteiger partial charge in [-0.15, -0.1) is 0 Å². The van der Waals surface area contributed by atoms with Gasteiger partial charge in [0.15, 0.2) is 0 Å². The summed E-state index contributed by atoms with van der Waals surface area (Å²) < 4.78 is 17.5. The number of hydrogen-bond acceptors (Lipinski definition) is 4. The van der Waals surface area contributed by atoms with Crippen molar-refractivity contribution in [1.29, 1.82) is 0 Å². The highest BCUT2D eigenvalue weighted by atomic mass is 31.2. The lowest BCUT2D eigenvalue weighted by Crippen LogP contribution is -2.37. The molecule has 4 nitrogen and oxygen atoms in total. The maximum absolute atomic E-state index is 6.15. The first kappa shape index (κ1) is 33.3. The van der Waals surface area contributed by atoms with Gasteiger partial charge in [-0.25, -0.2) is 0 Å². The van der Waals surface area contributed by atoms with E-state index in [1.165, 1.54) is 129 Å². The molecule has 0 aromatic rings. The number of likely N-dealkylation sites (tertiary alicyclic amines) is 1. The van der Waals surface area contributed by atoms with Gasteiger partial charge >= 0.3 is 8.60 Å². The average Bonchev–Trinajstić information content (AvgIpc) is 2.88. The van der Waals surface area contributed by atoms with Crippen LogP contribution in [0.3, 0.4) is 0 Å². The average molecular weight is 516 g/mol. The molecule has 0 bridgehead atoms. The summed E-state index contributed by atoms with van der Waals surface area (Å²) in [7, 11) is 0.550. The van der Waals surface area contributed by atoms with Gasteiger partial charge in [0.05, 0.1) is 12.7 Å². The van der Waals surface area contributed by atoms with Crippen LogP contribution in [0, 0.1) is 0 Å². The first-order valence-corrected chi connectivity index (χ1v) is 16.8. The predicted octanol–water partition coefficient (Wildman–Crippen LogP) is 10.2. The molecule has 0 aliphatic carbocycles. The summed E-state index contributed by atoms with van der Waals surface area (Å²) in [4.78, 5) is 2.63. The molecule has 1 aliphatic heterocycles. The molecule has 35 heavy (non-hydrogen) atoms. The van der Waals surface area contributed by atoms with E-state index in [0.29, 0.717) is 6.10 Å². The fourth-order valence-electron chi connectivity index (χ4n) is 5.04. The second-order valence-electron chi connectivity index (χ2n) is 10.7. The highest BCUT2D eigenvalue weighted by Gasteiger charge is 2.24. The van der Waals surface area contributed by atoms with E-state index in [4.69, 9.17) is 13.6 Å². The van der Waals surface area contributed by atoms with Gasteiger partial charge in [0.1, 0.15) is 0 Å². The molecule has 0 aromatic carbocycles. The number of nitrogens with zero attached hydrogens (tertiary/aromatic N) is 1. The van der Waals surface area contributed by atoms with Gasteiger partial charge in [-0.2, -0.15) is 0 Å². The van der Waals surface area contributed by atoms with Crippen molar-refractivity contribution in [1.82, 2.24) is 4.90 Å². The normalized spacial score (nSPS) is 16.2. The van der Waals surface area contributed by atoms with Gasteiger partial charge in [-0.1, -0.05) is 129 Å². The quantitative estimate of drug-likeness (QED) is 0.0847. The molecular weight excluding hydrogens is 453 g/mol. The second-order valence-corrected chi connectivity index (χ2v) is 12.0. The fourth-order valence-corrected chi connectivity index (χ4v) is 6.02. The monoisotopic (exact) mass is 515 g/mol. The standard InChI is InChI=1S/C30H62NO3P/c1-4-6-8-10-12-13-14-15-16-17-18-19-20-22-26-31-27-24-30(25-28-31)34-35(32-3)33-29-23-21-11-9-7-5-2/h30H,4-29H2,1-3H3. The van der Waals surface area contributed by atoms with Crippen molar-refractivity contribution in [2.45, 2.75) is 161 Å². The molecule has 1 aliphatic rings. The molecule has 1 fully saturated rings. The Bertz CT molecular complexity index is 418. The third-order valence-electron chi connectivity index (χ3n) is 7.44. The predicted molar refractivity (Wildman–Crippen MR) is 154 cm³/mol. The molecule has 0 aromatic heterocycles. The Kier molecular flexibility index (Phi) is 24.6. The lowest BCUT2D eigenvalue weighted by atomic mass is 10.0. The zero-order valence-electron chi connectivity index (χ0n) is 24.1. The van der Waals surface area contributed by atoms with E-state index in [2.05, 4.69) is 18.7 Å². The molecule has 1 rings (SSSR count). The van der Waals surface area contributed by atoms with Crippen molar-refractivity contribution in [3.8, 4) is 0 Å². The van der Waals surface area contributed by atoms with Crippen LogP contribution in [0.4, 0.5) is 0 Å². The molecule has 1 atom stereocenters. The minimum absolute atomic E-state index is 0.304. The summed E-state index contributed by atoms with van der Waals surface area (Å²) >= 11 is 0. The topological polar surface area (TPSA) is 30.9 Å². The van der Waals surface area contributed by atoms with Crippen molar-refractivity contribution in [3.63, 3.8) is 0 Å². The van der Waals surface area contributed by atoms with Crippen molar-refractivity contribution < 1.29 is 13.6 Å². The highest BCUT2D eigenvalue weighted by Crippen LogP contribution is 2.42. The Morgan fingerprint density at radius 1 is 0.600 bits per heavy atom. The Labute approximate surface area is 221 Å². The fraction of sp³-hybridized carbons (Fsp3) is 1.00. The highest BCUT2D eigenvalue weighted by molar-refractivity contribution is 7.41. The van der Waals surface area contributed by atoms with E-state index in [-0.39, 0.29) is 0 Å². The molecule has 0 amide bonds. The summed E-state index contributed by atoms with van der Waals surface area (Å²) in [6.07, 6.45) is 30.3. The van der Waals surface area contributed by atoms with Crippen LogP contribution < -0.4 is 0 Å². The zero-order chi connectivity index (χ0) is 25.2. The number of unbranched alkanes of at least 4 members (excludes halogenated alkanes) is 18. The van der Waals surface area contributed by atoms with Crippen molar-refractivity contribution in [2.75, 3.05) is 33.4 Å². The lowest BCUT2D eigenvalue weighted by Gasteiger charge is -2.32. The Morgan fingerprint density at radius 3 is 1.49 bits per heavy atom. The molecule has 5 heteroatoms. The van der Waals surface area contributed by atoms with Gasteiger partial charge in [0, 0.05) is 20.2 Å². The first-order valence-electron chi connectivity index (χ1n) is 15.7. The largest absolute Gasteiger partial charge is 0.332 e. The molecule has 1 unspecified atom stereocenters. The number of rotatable bonds is 26. The minimum atomic E-state index is -1.17. The van der Waals surface area contributed by atoms with E-state index < -0.39 is 8.60 Å². The van der Waals surface area contributed by atoms with Crippen LogP contribution in [0.5, 0.6) is 0 Å². The van der Waals surface area contributed by atoms with Crippen molar-refractivity contribution in [3.05, 3.63) is 0 Å².